The van der Waals surface area contributed by atoms with E-state index in [1.807, 2.05) is 0 Å². The first-order valence-corrected chi connectivity index (χ1v) is 31.7. The molecule has 70 heavy (non-hydrogen) atoms. The number of rotatable bonds is 59. The number of amides is 1. The summed E-state index contributed by atoms with van der Waals surface area (Å²) in [7, 11) is 0. The van der Waals surface area contributed by atoms with Crippen LogP contribution in [0.5, 0.6) is 0 Å². The molecular formula is C64H125NO5. The number of aliphatic hydroxyl groups excluding tert-OH is 4. The van der Waals surface area contributed by atoms with E-state index in [2.05, 4.69) is 43.5 Å². The van der Waals surface area contributed by atoms with Gasteiger partial charge in [-0.3, -0.25) is 4.79 Å². The van der Waals surface area contributed by atoms with E-state index in [0.717, 1.165) is 44.9 Å². The quantitative estimate of drug-likeness (QED) is 0.0308. The molecule has 4 unspecified atom stereocenters. The van der Waals surface area contributed by atoms with Crippen molar-refractivity contribution in [3.8, 4) is 0 Å². The summed E-state index contributed by atoms with van der Waals surface area (Å²) >= 11 is 0. The fraction of sp³-hybridized carbons (Fsp3) is 0.922. The number of unbranched alkanes of at least 4 members (excludes halogenated alkanes) is 46. The van der Waals surface area contributed by atoms with Crippen molar-refractivity contribution in [2.75, 3.05) is 6.61 Å². The molecule has 0 aromatic rings. The molecule has 0 saturated carbocycles. The first kappa shape index (κ1) is 68.8. The lowest BCUT2D eigenvalue weighted by molar-refractivity contribution is -0.132. The predicted octanol–water partition coefficient (Wildman–Crippen LogP) is 19.0. The first-order valence-electron chi connectivity index (χ1n) is 31.7. The Kier molecular flexibility index (Phi) is 57.7. The molecule has 6 nitrogen and oxygen atoms in total. The lowest BCUT2D eigenvalue weighted by Crippen LogP contribution is -2.53. The molecule has 0 aromatic heterocycles. The molecule has 0 heterocycles. The highest BCUT2D eigenvalue weighted by Crippen LogP contribution is 2.19. The smallest absolute Gasteiger partial charge is 0.249 e. The number of allylic oxidation sites excluding steroid dienone is 4. The van der Waals surface area contributed by atoms with Crippen molar-refractivity contribution < 1.29 is 25.2 Å². The molecule has 4 atom stereocenters. The van der Waals surface area contributed by atoms with E-state index in [1.165, 1.54) is 276 Å². The maximum atomic E-state index is 12.6. The molecule has 0 spiro atoms. The Hall–Kier alpha value is -1.21. The van der Waals surface area contributed by atoms with Crippen LogP contribution in [-0.4, -0.2) is 57.3 Å². The lowest BCUT2D eigenvalue weighted by Gasteiger charge is -2.27. The van der Waals surface area contributed by atoms with Crippen LogP contribution in [-0.2, 0) is 4.79 Å². The van der Waals surface area contributed by atoms with Gasteiger partial charge in [-0.05, 0) is 44.9 Å². The van der Waals surface area contributed by atoms with Gasteiger partial charge in [-0.15, -0.1) is 0 Å². The molecule has 0 aliphatic rings. The second-order valence-electron chi connectivity index (χ2n) is 22.1. The molecule has 6 heteroatoms. The van der Waals surface area contributed by atoms with E-state index >= 15 is 0 Å². The zero-order valence-electron chi connectivity index (χ0n) is 47.3. The molecule has 0 aliphatic carbocycles. The largest absolute Gasteiger partial charge is 0.394 e. The third-order valence-electron chi connectivity index (χ3n) is 15.2. The summed E-state index contributed by atoms with van der Waals surface area (Å²) in [5.74, 6) is -0.581. The number of hydrogen-bond acceptors (Lipinski definition) is 5. The normalized spacial score (nSPS) is 13.7. The second kappa shape index (κ2) is 58.7. The standard InChI is InChI=1S/C64H125NO5/c1-3-5-7-9-11-13-15-17-19-21-23-25-27-29-31-32-34-35-37-39-41-43-45-47-49-51-53-55-57-61(67)63(69)60(59-66)65-64(70)62(68)58-56-54-52-50-48-46-44-42-40-38-36-33-30-28-26-24-22-20-18-16-14-12-10-8-6-4-2/h24,26,30,33,60-63,66-69H,3-23,25,27-29,31-32,34-59H2,1-2H3,(H,65,70)/b26-24-,33-30-. The third-order valence-corrected chi connectivity index (χ3v) is 15.2. The van der Waals surface area contributed by atoms with Crippen molar-refractivity contribution in [3.63, 3.8) is 0 Å². The number of aliphatic hydroxyl groups is 4. The van der Waals surface area contributed by atoms with Crippen molar-refractivity contribution >= 4 is 5.91 Å². The summed E-state index contributed by atoms with van der Waals surface area (Å²) in [5.41, 5.74) is 0. The second-order valence-corrected chi connectivity index (χ2v) is 22.1. The van der Waals surface area contributed by atoms with Gasteiger partial charge in [-0.1, -0.05) is 327 Å². The highest BCUT2D eigenvalue weighted by Gasteiger charge is 2.28. The Balaban J connectivity index is 3.58. The van der Waals surface area contributed by atoms with Crippen LogP contribution in [0.25, 0.3) is 0 Å². The van der Waals surface area contributed by atoms with E-state index in [0.29, 0.717) is 12.8 Å². The van der Waals surface area contributed by atoms with Crippen LogP contribution >= 0.6 is 0 Å². The van der Waals surface area contributed by atoms with Crippen LogP contribution in [0.15, 0.2) is 24.3 Å². The summed E-state index contributed by atoms with van der Waals surface area (Å²) in [6.07, 6.45) is 72.7. The summed E-state index contributed by atoms with van der Waals surface area (Å²) in [4.78, 5) is 12.6. The van der Waals surface area contributed by atoms with Gasteiger partial charge in [-0.25, -0.2) is 0 Å². The highest BCUT2D eigenvalue weighted by atomic mass is 16.3. The Morgan fingerprint density at radius 1 is 0.357 bits per heavy atom. The van der Waals surface area contributed by atoms with Crippen LogP contribution in [0.4, 0.5) is 0 Å². The highest BCUT2D eigenvalue weighted by molar-refractivity contribution is 5.80. The summed E-state index contributed by atoms with van der Waals surface area (Å²) in [6.45, 7) is 4.10. The average Bonchev–Trinajstić information content (AvgIpc) is 3.36. The first-order chi connectivity index (χ1) is 34.5. The van der Waals surface area contributed by atoms with Gasteiger partial charge in [-0.2, -0.15) is 0 Å². The molecule has 1 amide bonds. The average molecular weight is 989 g/mol. The summed E-state index contributed by atoms with van der Waals surface area (Å²) in [5, 5.41) is 44.2. The van der Waals surface area contributed by atoms with E-state index in [4.69, 9.17) is 0 Å². The van der Waals surface area contributed by atoms with E-state index in [-0.39, 0.29) is 0 Å². The van der Waals surface area contributed by atoms with Crippen LogP contribution in [0.3, 0.4) is 0 Å². The Labute approximate surface area is 437 Å². The lowest BCUT2D eigenvalue weighted by atomic mass is 9.99. The molecule has 0 aromatic carbocycles. The molecule has 0 aliphatic heterocycles. The Morgan fingerprint density at radius 2 is 0.614 bits per heavy atom. The van der Waals surface area contributed by atoms with Gasteiger partial charge >= 0.3 is 0 Å². The maximum absolute atomic E-state index is 12.6. The molecule has 0 rings (SSSR count). The van der Waals surface area contributed by atoms with E-state index in [1.54, 1.807) is 0 Å². The molecule has 0 radical (unpaired) electrons. The van der Waals surface area contributed by atoms with Crippen molar-refractivity contribution in [1.82, 2.24) is 5.32 Å². The van der Waals surface area contributed by atoms with Crippen molar-refractivity contribution in [1.29, 1.82) is 0 Å². The van der Waals surface area contributed by atoms with Crippen molar-refractivity contribution in [3.05, 3.63) is 24.3 Å². The molecule has 0 bridgehead atoms. The maximum Gasteiger partial charge on any atom is 0.249 e. The number of hydrogen-bond donors (Lipinski definition) is 5. The van der Waals surface area contributed by atoms with Gasteiger partial charge < -0.3 is 25.7 Å². The van der Waals surface area contributed by atoms with Gasteiger partial charge in [0, 0.05) is 0 Å². The summed E-state index contributed by atoms with van der Waals surface area (Å²) in [6, 6.07) is -0.987. The SMILES string of the molecule is CCCCCCCCCCC/C=C\C/C=C\CCCCCCCCCCCCC(O)C(=O)NC(CO)C(O)C(O)CCCCCCCCCCCCCCCCCCCCCCCCCCCCCC. The van der Waals surface area contributed by atoms with Crippen molar-refractivity contribution in [2.45, 2.75) is 372 Å². The third kappa shape index (κ3) is 51.7. The van der Waals surface area contributed by atoms with E-state index < -0.39 is 36.9 Å². The van der Waals surface area contributed by atoms with Crippen LogP contribution < -0.4 is 5.32 Å². The number of nitrogens with one attached hydrogen (secondary N) is 1. The fourth-order valence-electron chi connectivity index (χ4n) is 10.2. The van der Waals surface area contributed by atoms with E-state index in [9.17, 15) is 25.2 Å². The molecular weight excluding hydrogens is 863 g/mol. The predicted molar refractivity (Wildman–Crippen MR) is 307 cm³/mol. The zero-order valence-corrected chi connectivity index (χ0v) is 47.3. The van der Waals surface area contributed by atoms with Crippen LogP contribution in [0.1, 0.15) is 348 Å². The molecule has 5 N–H and O–H groups in total. The minimum Gasteiger partial charge on any atom is -0.394 e. The minimum atomic E-state index is -1.26. The zero-order chi connectivity index (χ0) is 50.9. The van der Waals surface area contributed by atoms with Crippen LogP contribution in [0, 0.1) is 0 Å². The number of carbonyl (C=O) groups is 1. The minimum absolute atomic E-state index is 0.367. The van der Waals surface area contributed by atoms with Crippen molar-refractivity contribution in [2.24, 2.45) is 0 Å². The summed E-state index contributed by atoms with van der Waals surface area (Å²) < 4.78 is 0. The monoisotopic (exact) mass is 988 g/mol. The fourth-order valence-corrected chi connectivity index (χ4v) is 10.2. The van der Waals surface area contributed by atoms with Gasteiger partial charge in [0.15, 0.2) is 0 Å². The van der Waals surface area contributed by atoms with Gasteiger partial charge in [0.25, 0.3) is 0 Å². The molecule has 0 saturated heterocycles. The van der Waals surface area contributed by atoms with Gasteiger partial charge in [0.2, 0.25) is 5.91 Å². The Morgan fingerprint density at radius 3 is 0.900 bits per heavy atom. The molecule has 416 valence electrons. The number of carbonyl (C=O) groups excluding carboxylic acids is 1. The van der Waals surface area contributed by atoms with Crippen LogP contribution in [0.2, 0.25) is 0 Å². The van der Waals surface area contributed by atoms with Gasteiger partial charge in [0.05, 0.1) is 18.8 Å². The topological polar surface area (TPSA) is 110 Å². The molecule has 0 fully saturated rings. The van der Waals surface area contributed by atoms with Gasteiger partial charge in [0.1, 0.15) is 12.2 Å². The Bertz CT molecular complexity index is 1060.